The van der Waals surface area contributed by atoms with Gasteiger partial charge in [0.2, 0.25) is 5.91 Å². The smallest absolute Gasteiger partial charge is 0.244 e. The molecule has 0 aliphatic carbocycles. The maximum atomic E-state index is 11.9. The normalized spacial score (nSPS) is 12.8. The third kappa shape index (κ3) is 3.63. The van der Waals surface area contributed by atoms with Crippen LogP contribution in [0, 0.1) is 5.92 Å². The summed E-state index contributed by atoms with van der Waals surface area (Å²) in [7, 11) is 0. The van der Waals surface area contributed by atoms with Gasteiger partial charge in [-0.1, -0.05) is 20.8 Å². The largest absolute Gasteiger partial charge is 0.354 e. The van der Waals surface area contributed by atoms with Gasteiger partial charge in [0.1, 0.15) is 6.04 Å². The predicted molar refractivity (Wildman–Crippen MR) is 67.1 cm³/mol. The van der Waals surface area contributed by atoms with E-state index >= 15 is 0 Å². The van der Waals surface area contributed by atoms with E-state index in [0.717, 1.165) is 10.9 Å². The van der Waals surface area contributed by atoms with Gasteiger partial charge in [0.15, 0.2) is 0 Å². The van der Waals surface area contributed by atoms with Gasteiger partial charge >= 0.3 is 0 Å². The molecule has 1 rings (SSSR count). The van der Waals surface area contributed by atoms with Gasteiger partial charge in [-0.05, 0) is 28.3 Å². The molecular formula is C11H18BrN3O. The monoisotopic (exact) mass is 287 g/mol. The minimum atomic E-state index is -0.218. The van der Waals surface area contributed by atoms with E-state index in [0.29, 0.717) is 12.5 Å². The van der Waals surface area contributed by atoms with Crippen LogP contribution in [-0.4, -0.2) is 22.2 Å². The lowest BCUT2D eigenvalue weighted by Gasteiger charge is -2.16. The summed E-state index contributed by atoms with van der Waals surface area (Å²) in [6.45, 7) is 6.84. The summed E-state index contributed by atoms with van der Waals surface area (Å²) in [5, 5.41) is 7.07. The van der Waals surface area contributed by atoms with Gasteiger partial charge in [-0.15, -0.1) is 0 Å². The number of halogens is 1. The fourth-order valence-electron chi connectivity index (χ4n) is 1.40. The van der Waals surface area contributed by atoms with Gasteiger partial charge in [-0.25, -0.2) is 0 Å². The SMILES string of the molecule is CCC(C(=O)NCC(C)C)n1cc(Br)cn1. The van der Waals surface area contributed by atoms with Crippen molar-refractivity contribution in [1.29, 1.82) is 0 Å². The Hall–Kier alpha value is -0.840. The van der Waals surface area contributed by atoms with Crippen molar-refractivity contribution in [2.24, 2.45) is 5.92 Å². The van der Waals surface area contributed by atoms with Gasteiger partial charge in [0.25, 0.3) is 0 Å². The van der Waals surface area contributed by atoms with E-state index in [1.165, 1.54) is 0 Å². The van der Waals surface area contributed by atoms with Crippen LogP contribution in [-0.2, 0) is 4.79 Å². The highest BCUT2D eigenvalue weighted by Gasteiger charge is 2.18. The summed E-state index contributed by atoms with van der Waals surface area (Å²) in [6, 6.07) is -0.218. The van der Waals surface area contributed by atoms with Crippen LogP contribution in [0.15, 0.2) is 16.9 Å². The standard InChI is InChI=1S/C11H18BrN3O/c1-4-10(11(16)13-5-8(2)3)15-7-9(12)6-14-15/h6-8,10H,4-5H2,1-3H3,(H,13,16). The average Bonchev–Trinajstić information content (AvgIpc) is 2.63. The van der Waals surface area contributed by atoms with Crippen molar-refractivity contribution < 1.29 is 4.79 Å². The maximum Gasteiger partial charge on any atom is 0.244 e. The molecule has 0 aliphatic rings. The lowest BCUT2D eigenvalue weighted by molar-refractivity contribution is -0.124. The molecule has 5 heteroatoms. The van der Waals surface area contributed by atoms with Gasteiger partial charge in [-0.3, -0.25) is 9.48 Å². The van der Waals surface area contributed by atoms with Crippen LogP contribution in [0.25, 0.3) is 0 Å². The number of nitrogens with zero attached hydrogens (tertiary/aromatic N) is 2. The first-order valence-electron chi connectivity index (χ1n) is 5.52. The van der Waals surface area contributed by atoms with Crippen molar-refractivity contribution in [3.05, 3.63) is 16.9 Å². The Balaban J connectivity index is 2.63. The molecule has 1 unspecified atom stereocenters. The molecule has 0 saturated carbocycles. The lowest BCUT2D eigenvalue weighted by atomic mass is 10.2. The van der Waals surface area contributed by atoms with Crippen molar-refractivity contribution in [1.82, 2.24) is 15.1 Å². The van der Waals surface area contributed by atoms with Crippen molar-refractivity contribution in [3.8, 4) is 0 Å². The van der Waals surface area contributed by atoms with Crippen LogP contribution in [0.4, 0.5) is 0 Å². The summed E-state index contributed by atoms with van der Waals surface area (Å²) >= 11 is 3.33. The molecule has 1 N–H and O–H groups in total. The third-order valence-electron chi connectivity index (χ3n) is 2.26. The first kappa shape index (κ1) is 13.2. The first-order valence-corrected chi connectivity index (χ1v) is 6.31. The number of aromatic nitrogens is 2. The Morgan fingerprint density at radius 2 is 2.31 bits per heavy atom. The second-order valence-electron chi connectivity index (χ2n) is 4.20. The van der Waals surface area contributed by atoms with E-state index < -0.39 is 0 Å². The minimum Gasteiger partial charge on any atom is -0.354 e. The minimum absolute atomic E-state index is 0.0341. The molecular weight excluding hydrogens is 270 g/mol. The number of nitrogens with one attached hydrogen (secondary N) is 1. The Bertz CT molecular complexity index is 349. The van der Waals surface area contributed by atoms with Crippen LogP contribution in [0.1, 0.15) is 33.2 Å². The maximum absolute atomic E-state index is 11.9. The van der Waals surface area contributed by atoms with Gasteiger partial charge < -0.3 is 5.32 Å². The summed E-state index contributed by atoms with van der Waals surface area (Å²) in [5.74, 6) is 0.498. The quantitative estimate of drug-likeness (QED) is 0.904. The van der Waals surface area contributed by atoms with E-state index in [2.05, 4.69) is 40.2 Å². The number of carbonyl (C=O) groups is 1. The molecule has 1 atom stereocenters. The molecule has 0 spiro atoms. The summed E-state index contributed by atoms with van der Waals surface area (Å²) in [4.78, 5) is 11.9. The topological polar surface area (TPSA) is 46.9 Å². The zero-order valence-corrected chi connectivity index (χ0v) is 11.5. The Kier molecular flexibility index (Phi) is 4.99. The van der Waals surface area contributed by atoms with Crippen LogP contribution >= 0.6 is 15.9 Å². The molecule has 0 radical (unpaired) electrons. The molecule has 1 aromatic rings. The van der Waals surface area contributed by atoms with Crippen molar-refractivity contribution in [2.45, 2.75) is 33.2 Å². The first-order chi connectivity index (χ1) is 7.54. The van der Waals surface area contributed by atoms with E-state index in [1.54, 1.807) is 10.9 Å². The highest BCUT2D eigenvalue weighted by molar-refractivity contribution is 9.10. The third-order valence-corrected chi connectivity index (χ3v) is 2.67. The number of amides is 1. The number of rotatable bonds is 5. The molecule has 0 aromatic carbocycles. The van der Waals surface area contributed by atoms with Gasteiger partial charge in [-0.2, -0.15) is 5.10 Å². The van der Waals surface area contributed by atoms with Gasteiger partial charge in [0, 0.05) is 12.7 Å². The zero-order chi connectivity index (χ0) is 12.1. The second kappa shape index (κ2) is 6.03. The van der Waals surface area contributed by atoms with Crippen LogP contribution in [0.2, 0.25) is 0 Å². The molecule has 16 heavy (non-hydrogen) atoms. The zero-order valence-electron chi connectivity index (χ0n) is 9.90. The molecule has 4 nitrogen and oxygen atoms in total. The highest BCUT2D eigenvalue weighted by atomic mass is 79.9. The Morgan fingerprint density at radius 1 is 1.62 bits per heavy atom. The lowest BCUT2D eigenvalue weighted by Crippen LogP contribution is -2.34. The molecule has 1 aromatic heterocycles. The number of hydrogen-bond acceptors (Lipinski definition) is 2. The summed E-state index contributed by atoms with van der Waals surface area (Å²) < 4.78 is 2.59. The Labute approximate surface area is 105 Å². The van der Waals surface area contributed by atoms with E-state index in [9.17, 15) is 4.79 Å². The molecule has 1 heterocycles. The second-order valence-corrected chi connectivity index (χ2v) is 5.12. The molecule has 0 fully saturated rings. The summed E-state index contributed by atoms with van der Waals surface area (Å²) in [5.41, 5.74) is 0. The molecule has 0 saturated heterocycles. The van der Waals surface area contributed by atoms with Crippen molar-refractivity contribution in [3.63, 3.8) is 0 Å². The Morgan fingerprint density at radius 3 is 2.75 bits per heavy atom. The highest BCUT2D eigenvalue weighted by Crippen LogP contribution is 2.14. The molecule has 0 bridgehead atoms. The van der Waals surface area contributed by atoms with Crippen molar-refractivity contribution in [2.75, 3.05) is 6.54 Å². The molecule has 0 aliphatic heterocycles. The van der Waals surface area contributed by atoms with E-state index in [-0.39, 0.29) is 11.9 Å². The molecule has 90 valence electrons. The van der Waals surface area contributed by atoms with E-state index in [1.807, 2.05) is 13.1 Å². The fraction of sp³-hybridized carbons (Fsp3) is 0.636. The van der Waals surface area contributed by atoms with Crippen molar-refractivity contribution >= 4 is 21.8 Å². The van der Waals surface area contributed by atoms with Crippen LogP contribution in [0.5, 0.6) is 0 Å². The fourth-order valence-corrected chi connectivity index (χ4v) is 1.70. The van der Waals surface area contributed by atoms with Crippen LogP contribution in [0.3, 0.4) is 0 Å². The molecule has 1 amide bonds. The number of hydrogen-bond donors (Lipinski definition) is 1. The average molecular weight is 288 g/mol. The predicted octanol–water partition coefficient (Wildman–Crippen LogP) is 2.37. The van der Waals surface area contributed by atoms with Gasteiger partial charge in [0.05, 0.1) is 10.7 Å². The summed E-state index contributed by atoms with van der Waals surface area (Å²) in [6.07, 6.45) is 4.25. The van der Waals surface area contributed by atoms with E-state index in [4.69, 9.17) is 0 Å². The number of carbonyl (C=O) groups excluding carboxylic acids is 1. The van der Waals surface area contributed by atoms with Crippen LogP contribution < -0.4 is 5.32 Å².